The van der Waals surface area contributed by atoms with Gasteiger partial charge in [-0.3, -0.25) is 4.98 Å². The first kappa shape index (κ1) is 14.5. The van der Waals surface area contributed by atoms with Gasteiger partial charge >= 0.3 is 0 Å². The molecule has 1 aliphatic carbocycles. The van der Waals surface area contributed by atoms with Gasteiger partial charge < -0.3 is 10.4 Å². The van der Waals surface area contributed by atoms with Gasteiger partial charge in [0.2, 0.25) is 0 Å². The van der Waals surface area contributed by atoms with Crippen LogP contribution in [0.3, 0.4) is 0 Å². The maximum Gasteiger partial charge on any atom is 0.181 e. The molecule has 0 aliphatic heterocycles. The van der Waals surface area contributed by atoms with Crippen LogP contribution in [0.5, 0.6) is 0 Å². The molecule has 2 N–H and O–H groups in total. The third-order valence-electron chi connectivity index (χ3n) is 4.11. The van der Waals surface area contributed by atoms with Crippen LogP contribution in [0.2, 0.25) is 0 Å². The van der Waals surface area contributed by atoms with Crippen LogP contribution < -0.4 is 5.32 Å². The van der Waals surface area contributed by atoms with Gasteiger partial charge in [-0.1, -0.05) is 6.07 Å². The number of nitrogens with one attached hydrogen (secondary N) is 1. The highest BCUT2D eigenvalue weighted by Crippen LogP contribution is 2.39. The fraction of sp³-hybridized carbons (Fsp3) is 0.353. The Hall–Kier alpha value is -2.05. The molecule has 0 aromatic carbocycles. The smallest absolute Gasteiger partial charge is 0.181 e. The number of aliphatic hydroxyl groups is 1. The molecule has 6 heteroatoms. The highest BCUT2D eigenvalue weighted by molar-refractivity contribution is 7.19. The van der Waals surface area contributed by atoms with Crippen molar-refractivity contribution in [3.63, 3.8) is 0 Å². The summed E-state index contributed by atoms with van der Waals surface area (Å²) < 4.78 is 0. The fourth-order valence-corrected chi connectivity index (χ4v) is 4.33. The number of aliphatic hydroxyl groups excluding tert-OH is 1. The minimum Gasteiger partial charge on any atom is -0.395 e. The molecule has 0 fully saturated rings. The maximum absolute atomic E-state index is 9.16. The van der Waals surface area contributed by atoms with E-state index in [9.17, 15) is 0 Å². The largest absolute Gasteiger partial charge is 0.395 e. The predicted molar refractivity (Wildman–Crippen MR) is 92.9 cm³/mol. The SMILES string of the molecule is OCCNc1nc(-c2ccccn2)nc2sc3c(c12)CCCC3. The zero-order valence-electron chi connectivity index (χ0n) is 12.7. The first-order chi connectivity index (χ1) is 11.4. The Morgan fingerprint density at radius 2 is 2.09 bits per heavy atom. The van der Waals surface area contributed by atoms with E-state index in [0.717, 1.165) is 34.6 Å². The summed E-state index contributed by atoms with van der Waals surface area (Å²) in [7, 11) is 0. The molecule has 23 heavy (non-hydrogen) atoms. The number of hydrogen-bond acceptors (Lipinski definition) is 6. The summed E-state index contributed by atoms with van der Waals surface area (Å²) in [5, 5.41) is 13.6. The zero-order valence-corrected chi connectivity index (χ0v) is 13.6. The van der Waals surface area contributed by atoms with Crippen molar-refractivity contribution in [2.75, 3.05) is 18.5 Å². The van der Waals surface area contributed by atoms with Crippen molar-refractivity contribution in [1.29, 1.82) is 0 Å². The highest BCUT2D eigenvalue weighted by atomic mass is 32.1. The van der Waals surface area contributed by atoms with Gasteiger partial charge in [-0.15, -0.1) is 11.3 Å². The van der Waals surface area contributed by atoms with Gasteiger partial charge in [0.1, 0.15) is 16.3 Å². The Bertz CT molecular complexity index is 831. The van der Waals surface area contributed by atoms with Crippen LogP contribution in [0.25, 0.3) is 21.7 Å². The molecule has 0 atom stereocenters. The second-order valence-electron chi connectivity index (χ2n) is 5.65. The number of aromatic nitrogens is 3. The third kappa shape index (κ3) is 2.68. The quantitative estimate of drug-likeness (QED) is 0.771. The van der Waals surface area contributed by atoms with Crippen LogP contribution in [0.1, 0.15) is 23.3 Å². The van der Waals surface area contributed by atoms with E-state index in [1.807, 2.05) is 18.2 Å². The lowest BCUT2D eigenvalue weighted by Crippen LogP contribution is -2.09. The minimum absolute atomic E-state index is 0.0801. The Morgan fingerprint density at radius 3 is 2.91 bits per heavy atom. The standard InChI is InChI=1S/C17H18N4OS/c22-10-9-19-16-14-11-5-1-2-7-13(11)23-17(14)21-15(20-16)12-6-3-4-8-18-12/h3-4,6,8,22H,1-2,5,7,9-10H2,(H,19,20,21). The molecule has 0 spiro atoms. The van der Waals surface area contributed by atoms with Crippen LogP contribution in [0, 0.1) is 0 Å². The summed E-state index contributed by atoms with van der Waals surface area (Å²) in [6.07, 6.45) is 6.45. The van der Waals surface area contributed by atoms with Gasteiger partial charge in [0.15, 0.2) is 5.82 Å². The van der Waals surface area contributed by atoms with E-state index in [0.29, 0.717) is 12.4 Å². The molecule has 5 nitrogen and oxygen atoms in total. The van der Waals surface area contributed by atoms with Crippen molar-refractivity contribution in [1.82, 2.24) is 15.0 Å². The molecule has 3 heterocycles. The molecule has 0 amide bonds. The lowest BCUT2D eigenvalue weighted by atomic mass is 9.97. The Balaban J connectivity index is 1.90. The van der Waals surface area contributed by atoms with Gasteiger partial charge in [0.25, 0.3) is 0 Å². The summed E-state index contributed by atoms with van der Waals surface area (Å²) in [6.45, 7) is 0.565. The van der Waals surface area contributed by atoms with E-state index in [1.54, 1.807) is 17.5 Å². The summed E-state index contributed by atoms with van der Waals surface area (Å²) in [5.74, 6) is 1.46. The first-order valence-corrected chi connectivity index (χ1v) is 8.77. The summed E-state index contributed by atoms with van der Waals surface area (Å²) in [4.78, 5) is 16.3. The Morgan fingerprint density at radius 1 is 1.17 bits per heavy atom. The van der Waals surface area contributed by atoms with Gasteiger partial charge in [-0.25, -0.2) is 9.97 Å². The summed E-state index contributed by atoms with van der Waals surface area (Å²) in [5.41, 5.74) is 2.16. The first-order valence-electron chi connectivity index (χ1n) is 7.95. The van der Waals surface area contributed by atoms with Gasteiger partial charge in [0, 0.05) is 17.6 Å². The molecule has 1 aliphatic rings. The number of pyridine rings is 1. The molecule has 0 unspecified atom stereocenters. The number of hydrogen-bond donors (Lipinski definition) is 2. The van der Waals surface area contributed by atoms with Crippen LogP contribution in [0.4, 0.5) is 5.82 Å². The van der Waals surface area contributed by atoms with Crippen molar-refractivity contribution in [2.45, 2.75) is 25.7 Å². The molecule has 118 valence electrons. The van der Waals surface area contributed by atoms with Crippen molar-refractivity contribution in [2.24, 2.45) is 0 Å². The number of nitrogens with zero attached hydrogens (tertiary/aromatic N) is 3. The molecule has 0 saturated heterocycles. The van der Waals surface area contributed by atoms with Gasteiger partial charge in [-0.05, 0) is 43.4 Å². The normalized spacial score (nSPS) is 14.0. The van der Waals surface area contributed by atoms with E-state index in [4.69, 9.17) is 15.1 Å². The monoisotopic (exact) mass is 326 g/mol. The lowest BCUT2D eigenvalue weighted by Gasteiger charge is -2.13. The number of thiophene rings is 1. The van der Waals surface area contributed by atoms with Crippen molar-refractivity contribution < 1.29 is 5.11 Å². The van der Waals surface area contributed by atoms with E-state index in [2.05, 4.69) is 10.3 Å². The second kappa shape index (κ2) is 6.22. The molecule has 3 aromatic heterocycles. The number of fused-ring (bicyclic) bond motifs is 3. The molecular weight excluding hydrogens is 308 g/mol. The van der Waals surface area contributed by atoms with E-state index >= 15 is 0 Å². The van der Waals surface area contributed by atoms with Gasteiger partial charge in [-0.2, -0.15) is 0 Å². The van der Waals surface area contributed by atoms with E-state index < -0.39 is 0 Å². The summed E-state index contributed by atoms with van der Waals surface area (Å²) >= 11 is 1.77. The molecule has 4 rings (SSSR count). The predicted octanol–water partition coefficient (Wildman–Crippen LogP) is 3.04. The molecule has 0 bridgehead atoms. The van der Waals surface area contributed by atoms with Gasteiger partial charge in [0.05, 0.1) is 12.0 Å². The average Bonchev–Trinajstić information content (AvgIpc) is 2.99. The van der Waals surface area contributed by atoms with Crippen LogP contribution in [-0.4, -0.2) is 33.2 Å². The molecule has 0 saturated carbocycles. The Labute approximate surface area is 138 Å². The van der Waals surface area contributed by atoms with Crippen molar-refractivity contribution in [3.8, 4) is 11.5 Å². The maximum atomic E-state index is 9.16. The Kier molecular flexibility index (Phi) is 3.93. The van der Waals surface area contributed by atoms with Crippen LogP contribution in [-0.2, 0) is 12.8 Å². The average molecular weight is 326 g/mol. The molecule has 3 aromatic rings. The van der Waals surface area contributed by atoms with Crippen LogP contribution >= 0.6 is 11.3 Å². The minimum atomic E-state index is 0.0801. The van der Waals surface area contributed by atoms with E-state index in [-0.39, 0.29) is 6.61 Å². The zero-order chi connectivity index (χ0) is 15.6. The lowest BCUT2D eigenvalue weighted by molar-refractivity contribution is 0.311. The fourth-order valence-electron chi connectivity index (χ4n) is 3.07. The molecule has 0 radical (unpaired) electrons. The summed E-state index contributed by atoms with van der Waals surface area (Å²) in [6, 6.07) is 5.75. The number of anilines is 1. The van der Waals surface area contributed by atoms with Crippen molar-refractivity contribution in [3.05, 3.63) is 34.8 Å². The highest BCUT2D eigenvalue weighted by Gasteiger charge is 2.21. The topological polar surface area (TPSA) is 70.9 Å². The molecular formula is C17H18N4OS. The number of rotatable bonds is 4. The number of aryl methyl sites for hydroxylation is 2. The van der Waals surface area contributed by atoms with Crippen LogP contribution in [0.15, 0.2) is 24.4 Å². The third-order valence-corrected chi connectivity index (χ3v) is 5.30. The second-order valence-corrected chi connectivity index (χ2v) is 6.74. The van der Waals surface area contributed by atoms with Crippen molar-refractivity contribution >= 4 is 27.4 Å². The van der Waals surface area contributed by atoms with E-state index in [1.165, 1.54) is 23.3 Å².